The maximum atomic E-state index is 5.91. The molecule has 0 spiro atoms. The molecule has 1 unspecified atom stereocenters. The van der Waals surface area contributed by atoms with E-state index < -0.39 is 0 Å². The topological polar surface area (TPSA) is 30.5 Å². The molecule has 1 heterocycles. The summed E-state index contributed by atoms with van der Waals surface area (Å²) in [5.74, 6) is 1.57. The molecule has 3 nitrogen and oxygen atoms in total. The molecule has 1 aromatic carbocycles. The Morgan fingerprint density at radius 1 is 1.14 bits per heavy atom. The summed E-state index contributed by atoms with van der Waals surface area (Å²) in [5.41, 5.74) is 1.19. The summed E-state index contributed by atoms with van der Waals surface area (Å²) in [6.45, 7) is 4.87. The second kappa shape index (κ2) is 7.48. The lowest BCUT2D eigenvalue weighted by molar-refractivity contribution is 0.287. The Morgan fingerprint density at radius 2 is 1.90 bits per heavy atom. The Kier molecular flexibility index (Phi) is 5.65. The van der Waals surface area contributed by atoms with Crippen molar-refractivity contribution in [2.24, 2.45) is 0 Å². The number of methoxy groups -OCH3 is 1. The number of aryl methyl sites for hydroxylation is 1. The number of rotatable bonds is 7. The predicted molar refractivity (Wildman–Crippen MR) is 88.5 cm³/mol. The van der Waals surface area contributed by atoms with E-state index in [-0.39, 0.29) is 6.04 Å². The Balaban J connectivity index is 2.08. The van der Waals surface area contributed by atoms with E-state index in [2.05, 4.69) is 37.4 Å². The van der Waals surface area contributed by atoms with Crippen molar-refractivity contribution in [3.05, 3.63) is 45.6 Å². The lowest BCUT2D eigenvalue weighted by atomic mass is 10.1. The molecule has 0 aliphatic carbocycles. The number of hydrogen-bond donors (Lipinski definition) is 1. The molecule has 0 aliphatic heterocycles. The molecule has 2 aromatic rings. The van der Waals surface area contributed by atoms with Gasteiger partial charge in [-0.2, -0.15) is 0 Å². The Bertz CT molecular complexity index is 580. The molecule has 0 saturated carbocycles. The molecule has 0 bridgehead atoms. The van der Waals surface area contributed by atoms with Gasteiger partial charge in [-0.1, -0.05) is 13.0 Å². The minimum atomic E-state index is 0.289. The summed E-state index contributed by atoms with van der Waals surface area (Å²) in [6.07, 6.45) is 1.07. The van der Waals surface area contributed by atoms with Crippen LogP contribution >= 0.6 is 11.3 Å². The van der Waals surface area contributed by atoms with Crippen molar-refractivity contribution in [3.63, 3.8) is 0 Å². The quantitative estimate of drug-likeness (QED) is 0.832. The van der Waals surface area contributed by atoms with Crippen LogP contribution in [0.2, 0.25) is 0 Å². The first-order chi connectivity index (χ1) is 10.2. The highest BCUT2D eigenvalue weighted by atomic mass is 32.1. The van der Waals surface area contributed by atoms with E-state index >= 15 is 0 Å². The first-order valence-electron chi connectivity index (χ1n) is 7.23. The van der Waals surface area contributed by atoms with Crippen LogP contribution in [-0.4, -0.2) is 14.2 Å². The lowest BCUT2D eigenvalue weighted by Gasteiger charge is -2.15. The van der Waals surface area contributed by atoms with Crippen LogP contribution in [0.1, 0.15) is 35.2 Å². The fourth-order valence-corrected chi connectivity index (χ4v) is 2.95. The van der Waals surface area contributed by atoms with Crippen molar-refractivity contribution in [3.8, 4) is 11.5 Å². The average molecular weight is 305 g/mol. The van der Waals surface area contributed by atoms with Crippen LogP contribution in [-0.2, 0) is 13.0 Å². The molecule has 4 heteroatoms. The van der Waals surface area contributed by atoms with Crippen molar-refractivity contribution < 1.29 is 9.47 Å². The number of benzene rings is 1. The van der Waals surface area contributed by atoms with Gasteiger partial charge >= 0.3 is 0 Å². The van der Waals surface area contributed by atoms with Crippen molar-refractivity contribution in [1.29, 1.82) is 0 Å². The normalized spacial score (nSPS) is 12.2. The van der Waals surface area contributed by atoms with Crippen LogP contribution in [0.4, 0.5) is 0 Å². The molecule has 0 fully saturated rings. The van der Waals surface area contributed by atoms with E-state index in [1.807, 2.05) is 19.2 Å². The molecule has 0 saturated heterocycles. The number of nitrogens with one attached hydrogen (secondary N) is 1. The molecule has 21 heavy (non-hydrogen) atoms. The maximum Gasteiger partial charge on any atom is 0.161 e. The van der Waals surface area contributed by atoms with Crippen molar-refractivity contribution in [2.45, 2.75) is 32.9 Å². The number of hydrogen-bond acceptors (Lipinski definition) is 4. The van der Waals surface area contributed by atoms with Crippen LogP contribution in [0, 0.1) is 0 Å². The highest BCUT2D eigenvalue weighted by Crippen LogP contribution is 2.31. The summed E-state index contributed by atoms with van der Waals surface area (Å²) >= 11 is 1.80. The zero-order valence-electron chi connectivity index (χ0n) is 13.1. The van der Waals surface area contributed by atoms with Gasteiger partial charge in [0, 0.05) is 15.8 Å². The average Bonchev–Trinajstić information content (AvgIpc) is 3.00. The van der Waals surface area contributed by atoms with Gasteiger partial charge in [-0.3, -0.25) is 0 Å². The van der Waals surface area contributed by atoms with Gasteiger partial charge < -0.3 is 14.8 Å². The Labute approximate surface area is 130 Å². The largest absolute Gasteiger partial charge is 0.493 e. The fourth-order valence-electron chi connectivity index (χ4n) is 2.08. The summed E-state index contributed by atoms with van der Waals surface area (Å²) in [7, 11) is 3.63. The first-order valence-corrected chi connectivity index (χ1v) is 8.05. The second-order valence-corrected chi connectivity index (χ2v) is 6.18. The van der Waals surface area contributed by atoms with Gasteiger partial charge in [0.1, 0.15) is 6.61 Å². The Hall–Kier alpha value is -1.52. The predicted octanol–water partition coefficient (Wildman–Crippen LogP) is 4.18. The van der Waals surface area contributed by atoms with Crippen molar-refractivity contribution in [1.82, 2.24) is 5.32 Å². The molecule has 1 aromatic heterocycles. The number of thiophene rings is 1. The van der Waals surface area contributed by atoms with E-state index in [1.165, 1.54) is 15.3 Å². The van der Waals surface area contributed by atoms with Crippen LogP contribution < -0.4 is 14.8 Å². The van der Waals surface area contributed by atoms with Crippen molar-refractivity contribution in [2.75, 3.05) is 14.2 Å². The summed E-state index contributed by atoms with van der Waals surface area (Å²) < 4.78 is 11.4. The molecule has 1 N–H and O–H groups in total. The SMILES string of the molecule is CCc1ccc(COc2ccc(C(C)NC)cc2OC)s1. The molecule has 0 radical (unpaired) electrons. The molecule has 0 aliphatic rings. The maximum absolute atomic E-state index is 5.91. The minimum absolute atomic E-state index is 0.289. The van der Waals surface area contributed by atoms with E-state index in [0.29, 0.717) is 6.61 Å². The monoisotopic (exact) mass is 305 g/mol. The first kappa shape index (κ1) is 15.9. The van der Waals surface area contributed by atoms with Gasteiger partial charge in [-0.05, 0) is 50.2 Å². The second-order valence-electron chi connectivity index (χ2n) is 4.93. The number of ether oxygens (including phenoxy) is 2. The smallest absolute Gasteiger partial charge is 0.161 e. The van der Waals surface area contributed by atoms with Crippen LogP contribution in [0.3, 0.4) is 0 Å². The van der Waals surface area contributed by atoms with Crippen LogP contribution in [0.5, 0.6) is 11.5 Å². The van der Waals surface area contributed by atoms with E-state index in [9.17, 15) is 0 Å². The van der Waals surface area contributed by atoms with Crippen molar-refractivity contribution >= 4 is 11.3 Å². The van der Waals surface area contributed by atoms with Crippen LogP contribution in [0.15, 0.2) is 30.3 Å². The molecular formula is C17H23NO2S. The highest BCUT2D eigenvalue weighted by Gasteiger charge is 2.10. The van der Waals surface area contributed by atoms with E-state index in [1.54, 1.807) is 18.4 Å². The molecule has 2 rings (SSSR count). The lowest BCUT2D eigenvalue weighted by Crippen LogP contribution is -2.12. The van der Waals surface area contributed by atoms with Gasteiger partial charge in [0.15, 0.2) is 11.5 Å². The molecular weight excluding hydrogens is 282 g/mol. The standard InChI is InChI=1S/C17H23NO2S/c1-5-14-7-8-15(21-14)11-20-16-9-6-13(12(2)18-3)10-17(16)19-4/h6-10,12,18H,5,11H2,1-4H3. The summed E-state index contributed by atoms with van der Waals surface area (Å²) in [6, 6.07) is 10.7. The van der Waals surface area contributed by atoms with Gasteiger partial charge in [-0.25, -0.2) is 0 Å². The van der Waals surface area contributed by atoms with Gasteiger partial charge in [-0.15, -0.1) is 11.3 Å². The van der Waals surface area contributed by atoms with Gasteiger partial charge in [0.05, 0.1) is 7.11 Å². The third-order valence-corrected chi connectivity index (χ3v) is 4.76. The van der Waals surface area contributed by atoms with Gasteiger partial charge in [0.2, 0.25) is 0 Å². The third kappa shape index (κ3) is 3.99. The van der Waals surface area contributed by atoms with E-state index in [4.69, 9.17) is 9.47 Å². The Morgan fingerprint density at radius 3 is 2.52 bits per heavy atom. The molecule has 114 valence electrons. The van der Waals surface area contributed by atoms with Crippen LogP contribution in [0.25, 0.3) is 0 Å². The third-order valence-electron chi connectivity index (χ3n) is 3.56. The summed E-state index contributed by atoms with van der Waals surface area (Å²) in [5, 5.41) is 3.22. The molecule has 0 amide bonds. The highest BCUT2D eigenvalue weighted by molar-refractivity contribution is 7.11. The molecule has 1 atom stereocenters. The fraction of sp³-hybridized carbons (Fsp3) is 0.412. The van der Waals surface area contributed by atoms with Gasteiger partial charge in [0.25, 0.3) is 0 Å². The zero-order chi connectivity index (χ0) is 15.2. The summed E-state index contributed by atoms with van der Waals surface area (Å²) in [4.78, 5) is 2.63. The zero-order valence-corrected chi connectivity index (χ0v) is 13.9. The van der Waals surface area contributed by atoms with E-state index in [0.717, 1.165) is 17.9 Å². The minimum Gasteiger partial charge on any atom is -0.493 e.